The maximum absolute atomic E-state index is 6.14. The van der Waals surface area contributed by atoms with Crippen molar-refractivity contribution >= 4 is 28.4 Å². The zero-order chi connectivity index (χ0) is 14.5. The lowest BCUT2D eigenvalue weighted by Crippen LogP contribution is -2.41. The third kappa shape index (κ3) is 2.28. The number of thiazole rings is 1. The van der Waals surface area contributed by atoms with Crippen molar-refractivity contribution in [2.24, 2.45) is 0 Å². The molecule has 0 spiro atoms. The number of rotatable bonds is 2. The van der Waals surface area contributed by atoms with E-state index in [1.165, 1.54) is 12.8 Å². The Morgan fingerprint density at radius 3 is 2.20 bits per heavy atom. The molecule has 3 heterocycles. The highest BCUT2D eigenvalue weighted by Crippen LogP contribution is 2.37. The van der Waals surface area contributed by atoms with E-state index in [9.17, 15) is 0 Å². The van der Waals surface area contributed by atoms with E-state index in [-0.39, 0.29) is 18.3 Å². The molecule has 0 N–H and O–H groups in total. The molecule has 0 aromatic carbocycles. The van der Waals surface area contributed by atoms with Gasteiger partial charge in [0.1, 0.15) is 0 Å². The summed E-state index contributed by atoms with van der Waals surface area (Å²) in [7, 11) is -0.283. The molecule has 4 nitrogen and oxygen atoms in total. The van der Waals surface area contributed by atoms with Crippen molar-refractivity contribution in [2.75, 3.05) is 18.0 Å². The number of hydrogen-bond acceptors (Lipinski definition) is 5. The first-order valence-corrected chi connectivity index (χ1v) is 8.20. The number of aryl methyl sites for hydroxylation is 1. The second-order valence-corrected chi connectivity index (χ2v) is 7.74. The van der Waals surface area contributed by atoms with Gasteiger partial charge in [0.2, 0.25) is 0 Å². The van der Waals surface area contributed by atoms with E-state index >= 15 is 0 Å². The average Bonchev–Trinajstić information content (AvgIpc) is 2.98. The summed E-state index contributed by atoms with van der Waals surface area (Å²) in [6.45, 7) is 12.6. The molecule has 0 unspecified atom stereocenters. The third-order valence-corrected chi connectivity index (χ3v) is 5.90. The molecule has 0 bridgehead atoms. The minimum absolute atomic E-state index is 0.283. The first-order valence-electron chi connectivity index (χ1n) is 7.38. The van der Waals surface area contributed by atoms with Gasteiger partial charge in [-0.3, -0.25) is 0 Å². The summed E-state index contributed by atoms with van der Waals surface area (Å²) >= 11 is 1.72. The van der Waals surface area contributed by atoms with Crippen LogP contribution in [0.4, 0.5) is 5.13 Å². The molecule has 110 valence electrons. The van der Waals surface area contributed by atoms with Crippen LogP contribution in [0, 0.1) is 6.92 Å². The monoisotopic (exact) mass is 294 g/mol. The summed E-state index contributed by atoms with van der Waals surface area (Å²) in [6.07, 6.45) is 2.54. The fraction of sp³-hybridized carbons (Fsp3) is 0.786. The average molecular weight is 294 g/mol. The topological polar surface area (TPSA) is 34.6 Å². The van der Waals surface area contributed by atoms with Crippen LogP contribution in [-0.4, -0.2) is 36.4 Å². The summed E-state index contributed by atoms with van der Waals surface area (Å²) in [4.78, 5) is 7.08. The van der Waals surface area contributed by atoms with E-state index in [0.717, 1.165) is 28.7 Å². The van der Waals surface area contributed by atoms with Crippen LogP contribution in [-0.2, 0) is 9.31 Å². The van der Waals surface area contributed by atoms with E-state index < -0.39 is 0 Å². The van der Waals surface area contributed by atoms with Gasteiger partial charge in [-0.15, -0.1) is 11.3 Å². The van der Waals surface area contributed by atoms with Crippen LogP contribution in [0.5, 0.6) is 0 Å². The Balaban J connectivity index is 1.85. The number of nitrogens with zero attached hydrogens (tertiary/aromatic N) is 2. The highest BCUT2D eigenvalue weighted by molar-refractivity contribution is 7.25. The predicted molar refractivity (Wildman–Crippen MR) is 84.0 cm³/mol. The minimum Gasteiger partial charge on any atom is -0.399 e. The molecule has 2 aliphatic heterocycles. The summed E-state index contributed by atoms with van der Waals surface area (Å²) in [5, 5.41) is 1.12. The zero-order valence-electron chi connectivity index (χ0n) is 13.0. The highest BCUT2D eigenvalue weighted by Gasteiger charge is 2.53. The third-order valence-electron chi connectivity index (χ3n) is 4.67. The summed E-state index contributed by atoms with van der Waals surface area (Å²) in [6, 6.07) is 0. The molecular weight excluding hydrogens is 271 g/mol. The summed E-state index contributed by atoms with van der Waals surface area (Å²) in [5.74, 6) is 0. The SMILES string of the molecule is Cc1nc(N2CCCC2)sc1B1OC(C)(C)C(C)(C)O1. The maximum Gasteiger partial charge on any atom is 0.507 e. The molecule has 0 aliphatic carbocycles. The van der Waals surface area contributed by atoms with Crippen molar-refractivity contribution in [1.29, 1.82) is 0 Å². The number of aromatic nitrogens is 1. The van der Waals surface area contributed by atoms with Crippen LogP contribution in [0.25, 0.3) is 0 Å². The van der Waals surface area contributed by atoms with Crippen molar-refractivity contribution in [3.63, 3.8) is 0 Å². The van der Waals surface area contributed by atoms with Crippen molar-refractivity contribution < 1.29 is 9.31 Å². The molecule has 2 fully saturated rings. The van der Waals surface area contributed by atoms with Gasteiger partial charge in [-0.1, -0.05) is 0 Å². The van der Waals surface area contributed by atoms with Crippen LogP contribution >= 0.6 is 11.3 Å². The van der Waals surface area contributed by atoms with Crippen molar-refractivity contribution in [3.05, 3.63) is 5.69 Å². The predicted octanol–water partition coefficient (Wildman–Crippen LogP) is 2.35. The molecule has 0 amide bonds. The second-order valence-electron chi connectivity index (χ2n) is 6.73. The van der Waals surface area contributed by atoms with Crippen LogP contribution in [0.15, 0.2) is 0 Å². The molecule has 1 aromatic rings. The lowest BCUT2D eigenvalue weighted by Gasteiger charge is -2.32. The van der Waals surface area contributed by atoms with Gasteiger partial charge in [0, 0.05) is 13.1 Å². The fourth-order valence-electron chi connectivity index (χ4n) is 2.61. The molecule has 1 aromatic heterocycles. The van der Waals surface area contributed by atoms with Crippen molar-refractivity contribution in [3.8, 4) is 0 Å². The smallest absolute Gasteiger partial charge is 0.399 e. The van der Waals surface area contributed by atoms with Gasteiger partial charge in [0.25, 0.3) is 0 Å². The first kappa shape index (κ1) is 14.4. The fourth-order valence-corrected chi connectivity index (χ4v) is 3.68. The maximum atomic E-state index is 6.14. The molecule has 2 aliphatic rings. The van der Waals surface area contributed by atoms with Gasteiger partial charge in [-0.05, 0) is 47.5 Å². The molecule has 2 saturated heterocycles. The Bertz CT molecular complexity index is 493. The van der Waals surface area contributed by atoms with Crippen LogP contribution in [0.2, 0.25) is 0 Å². The Hall–Kier alpha value is -0.585. The van der Waals surface area contributed by atoms with E-state index in [4.69, 9.17) is 14.3 Å². The summed E-state index contributed by atoms with van der Waals surface area (Å²) < 4.78 is 13.4. The molecule has 0 saturated carbocycles. The Morgan fingerprint density at radius 2 is 1.65 bits per heavy atom. The largest absolute Gasteiger partial charge is 0.507 e. The Morgan fingerprint density at radius 1 is 1.10 bits per heavy atom. The second kappa shape index (κ2) is 4.72. The van der Waals surface area contributed by atoms with Gasteiger partial charge >= 0.3 is 7.12 Å². The van der Waals surface area contributed by atoms with Gasteiger partial charge in [-0.25, -0.2) is 4.98 Å². The van der Waals surface area contributed by atoms with Crippen molar-refractivity contribution in [2.45, 2.75) is 58.7 Å². The molecule has 6 heteroatoms. The number of hydrogen-bond donors (Lipinski definition) is 0. The van der Waals surface area contributed by atoms with E-state index in [2.05, 4.69) is 39.5 Å². The minimum atomic E-state index is -0.290. The molecule has 0 radical (unpaired) electrons. The lowest BCUT2D eigenvalue weighted by molar-refractivity contribution is 0.00578. The van der Waals surface area contributed by atoms with Crippen molar-refractivity contribution in [1.82, 2.24) is 4.98 Å². The van der Waals surface area contributed by atoms with Gasteiger partial charge in [0.05, 0.1) is 21.7 Å². The molecule has 0 atom stereocenters. The number of anilines is 1. The Labute approximate surface area is 125 Å². The van der Waals surface area contributed by atoms with E-state index in [1.54, 1.807) is 11.3 Å². The molecule has 20 heavy (non-hydrogen) atoms. The zero-order valence-corrected chi connectivity index (χ0v) is 13.8. The van der Waals surface area contributed by atoms with Gasteiger partial charge < -0.3 is 14.2 Å². The quantitative estimate of drug-likeness (QED) is 0.784. The van der Waals surface area contributed by atoms with Crippen LogP contribution in [0.1, 0.15) is 46.2 Å². The van der Waals surface area contributed by atoms with Crippen LogP contribution in [0.3, 0.4) is 0 Å². The Kier molecular flexibility index (Phi) is 3.38. The lowest BCUT2D eigenvalue weighted by atomic mass is 9.86. The van der Waals surface area contributed by atoms with Gasteiger partial charge in [-0.2, -0.15) is 0 Å². The molecular formula is C14H23BN2O2S. The molecule has 3 rings (SSSR count). The first-order chi connectivity index (χ1) is 9.30. The van der Waals surface area contributed by atoms with E-state index in [1.807, 2.05) is 0 Å². The standard InChI is InChI=1S/C14H23BN2O2S/c1-10-11(15-18-13(2,3)14(4,5)19-15)20-12(16-10)17-8-6-7-9-17/h6-9H2,1-5H3. The normalized spacial score (nSPS) is 24.6. The highest BCUT2D eigenvalue weighted by atomic mass is 32.1. The van der Waals surface area contributed by atoms with Gasteiger partial charge in [0.15, 0.2) is 5.13 Å². The van der Waals surface area contributed by atoms with Crippen LogP contribution < -0.4 is 9.68 Å². The summed E-state index contributed by atoms with van der Waals surface area (Å²) in [5.41, 5.74) is 0.458. The van der Waals surface area contributed by atoms with E-state index in [0.29, 0.717) is 0 Å².